The number of nitrogens with one attached hydrogen (secondary N) is 1. The van der Waals surface area contributed by atoms with Crippen LogP contribution in [0.25, 0.3) is 5.57 Å². The van der Waals surface area contributed by atoms with Gasteiger partial charge in [0.15, 0.2) is 0 Å². The van der Waals surface area contributed by atoms with E-state index in [4.69, 9.17) is 0 Å². The van der Waals surface area contributed by atoms with Crippen molar-refractivity contribution in [3.8, 4) is 0 Å². The fraction of sp³-hybridized carbons (Fsp3) is 0.185. The van der Waals surface area contributed by atoms with E-state index in [0.29, 0.717) is 17.0 Å². The number of carbonyl (C=O) groups is 2. The molecule has 3 aromatic carbocycles. The standard InChI is InChI=1S/C27H26N2O2/c1-5-20-10-12-21(13-11-20)28-25-24(23-14-9-18(3)15-19(23)4)26(30)29(27(25)31)22-8-6-7-17(2)16-22/h6-16,28H,5H2,1-4H3. The highest BCUT2D eigenvalue weighted by Crippen LogP contribution is 2.35. The summed E-state index contributed by atoms with van der Waals surface area (Å²) in [6.45, 7) is 8.03. The van der Waals surface area contributed by atoms with E-state index in [1.165, 1.54) is 10.5 Å². The molecule has 0 bridgehead atoms. The number of rotatable bonds is 5. The van der Waals surface area contributed by atoms with Crippen molar-refractivity contribution in [1.29, 1.82) is 0 Å². The minimum absolute atomic E-state index is 0.308. The third-order valence-corrected chi connectivity index (χ3v) is 5.63. The molecule has 0 radical (unpaired) electrons. The molecule has 1 N–H and O–H groups in total. The minimum Gasteiger partial charge on any atom is -0.350 e. The third-order valence-electron chi connectivity index (χ3n) is 5.63. The molecule has 1 aliphatic rings. The lowest BCUT2D eigenvalue weighted by Crippen LogP contribution is -2.32. The molecule has 0 saturated carbocycles. The molecule has 0 unspecified atom stereocenters. The van der Waals surface area contributed by atoms with Gasteiger partial charge < -0.3 is 5.32 Å². The van der Waals surface area contributed by atoms with Gasteiger partial charge in [-0.3, -0.25) is 9.59 Å². The molecule has 2 amide bonds. The smallest absolute Gasteiger partial charge is 0.282 e. The molecule has 4 rings (SSSR count). The SMILES string of the molecule is CCc1ccc(NC2=C(c3ccc(C)cc3C)C(=O)N(c3cccc(C)c3)C2=O)cc1. The maximum atomic E-state index is 13.6. The molecule has 0 aromatic heterocycles. The number of amides is 2. The molecule has 0 spiro atoms. The number of aryl methyl sites for hydroxylation is 4. The first-order valence-corrected chi connectivity index (χ1v) is 10.5. The van der Waals surface area contributed by atoms with E-state index in [9.17, 15) is 9.59 Å². The molecule has 4 heteroatoms. The fourth-order valence-corrected chi connectivity index (χ4v) is 3.96. The zero-order chi connectivity index (χ0) is 22.1. The van der Waals surface area contributed by atoms with Crippen molar-refractivity contribution in [3.63, 3.8) is 0 Å². The molecule has 0 saturated heterocycles. The molecule has 4 nitrogen and oxygen atoms in total. The summed E-state index contributed by atoms with van der Waals surface area (Å²) in [7, 11) is 0. The van der Waals surface area contributed by atoms with Crippen LogP contribution in [-0.4, -0.2) is 11.8 Å². The second-order valence-electron chi connectivity index (χ2n) is 8.03. The van der Waals surface area contributed by atoms with E-state index >= 15 is 0 Å². The first-order valence-electron chi connectivity index (χ1n) is 10.5. The maximum absolute atomic E-state index is 13.6. The molecule has 156 valence electrons. The van der Waals surface area contributed by atoms with E-state index in [-0.39, 0.29) is 11.8 Å². The van der Waals surface area contributed by atoms with Crippen LogP contribution >= 0.6 is 0 Å². The van der Waals surface area contributed by atoms with Crippen molar-refractivity contribution < 1.29 is 9.59 Å². The summed E-state index contributed by atoms with van der Waals surface area (Å²) in [6, 6.07) is 21.3. The minimum atomic E-state index is -0.342. The van der Waals surface area contributed by atoms with Crippen molar-refractivity contribution in [3.05, 3.63) is 100 Å². The number of hydrogen-bond acceptors (Lipinski definition) is 3. The second-order valence-corrected chi connectivity index (χ2v) is 8.03. The Balaban J connectivity index is 1.83. The Hall–Kier alpha value is -3.66. The summed E-state index contributed by atoms with van der Waals surface area (Å²) >= 11 is 0. The molecule has 0 atom stereocenters. The molecule has 3 aromatic rings. The van der Waals surface area contributed by atoms with Gasteiger partial charge in [0.25, 0.3) is 11.8 Å². The number of anilines is 2. The van der Waals surface area contributed by atoms with Gasteiger partial charge in [-0.1, -0.05) is 55.0 Å². The number of imide groups is 1. The lowest BCUT2D eigenvalue weighted by atomic mass is 9.97. The number of hydrogen-bond donors (Lipinski definition) is 1. The highest BCUT2D eigenvalue weighted by Gasteiger charge is 2.40. The van der Waals surface area contributed by atoms with Crippen molar-refractivity contribution >= 4 is 28.8 Å². The van der Waals surface area contributed by atoms with Gasteiger partial charge in [-0.05, 0) is 73.7 Å². The average molecular weight is 411 g/mol. The van der Waals surface area contributed by atoms with Gasteiger partial charge in [-0.25, -0.2) is 4.90 Å². The Morgan fingerprint density at radius 2 is 1.52 bits per heavy atom. The van der Waals surface area contributed by atoms with Gasteiger partial charge >= 0.3 is 0 Å². The average Bonchev–Trinajstić information content (AvgIpc) is 2.98. The summed E-state index contributed by atoms with van der Waals surface area (Å²) in [4.78, 5) is 28.3. The van der Waals surface area contributed by atoms with Crippen LogP contribution in [0.3, 0.4) is 0 Å². The van der Waals surface area contributed by atoms with E-state index in [1.807, 2.05) is 81.4 Å². The van der Waals surface area contributed by atoms with E-state index in [2.05, 4.69) is 12.2 Å². The second kappa shape index (κ2) is 8.23. The van der Waals surface area contributed by atoms with Gasteiger partial charge in [-0.15, -0.1) is 0 Å². The summed E-state index contributed by atoms with van der Waals surface area (Å²) in [6.07, 6.45) is 0.940. The fourth-order valence-electron chi connectivity index (χ4n) is 3.96. The quantitative estimate of drug-likeness (QED) is 0.559. The van der Waals surface area contributed by atoms with Crippen LogP contribution in [-0.2, 0) is 16.0 Å². The molecule has 31 heavy (non-hydrogen) atoms. The topological polar surface area (TPSA) is 49.4 Å². The maximum Gasteiger partial charge on any atom is 0.282 e. The van der Waals surface area contributed by atoms with Crippen molar-refractivity contribution in [2.24, 2.45) is 0 Å². The van der Waals surface area contributed by atoms with E-state index in [0.717, 1.165) is 34.4 Å². The van der Waals surface area contributed by atoms with Crippen LogP contribution < -0.4 is 10.2 Å². The summed E-state index contributed by atoms with van der Waals surface area (Å²) in [5, 5.41) is 3.24. The molecular weight excluding hydrogens is 384 g/mol. The van der Waals surface area contributed by atoms with Crippen molar-refractivity contribution in [2.45, 2.75) is 34.1 Å². The van der Waals surface area contributed by atoms with Crippen LogP contribution in [0.2, 0.25) is 0 Å². The van der Waals surface area contributed by atoms with Gasteiger partial charge in [0.2, 0.25) is 0 Å². The Labute approximate surface area is 183 Å². The van der Waals surface area contributed by atoms with E-state index in [1.54, 1.807) is 6.07 Å². The zero-order valence-corrected chi connectivity index (χ0v) is 18.3. The van der Waals surface area contributed by atoms with Gasteiger partial charge in [0.1, 0.15) is 5.70 Å². The molecule has 0 fully saturated rings. The lowest BCUT2D eigenvalue weighted by Gasteiger charge is -2.16. The van der Waals surface area contributed by atoms with Crippen LogP contribution in [0.4, 0.5) is 11.4 Å². The summed E-state index contributed by atoms with van der Waals surface area (Å²) < 4.78 is 0. The van der Waals surface area contributed by atoms with Crippen LogP contribution in [0, 0.1) is 20.8 Å². The van der Waals surface area contributed by atoms with Crippen LogP contribution in [0.15, 0.2) is 72.4 Å². The summed E-state index contributed by atoms with van der Waals surface area (Å²) in [5.41, 5.74) is 7.11. The number of benzene rings is 3. The molecular formula is C27H26N2O2. The normalized spacial score (nSPS) is 13.9. The van der Waals surface area contributed by atoms with Gasteiger partial charge in [0.05, 0.1) is 11.3 Å². The first kappa shape index (κ1) is 20.6. The summed E-state index contributed by atoms with van der Waals surface area (Å²) in [5.74, 6) is -0.652. The van der Waals surface area contributed by atoms with Crippen molar-refractivity contribution in [1.82, 2.24) is 0 Å². The first-order chi connectivity index (χ1) is 14.9. The van der Waals surface area contributed by atoms with Crippen LogP contribution in [0.1, 0.15) is 34.7 Å². The van der Waals surface area contributed by atoms with Gasteiger partial charge in [-0.2, -0.15) is 0 Å². The Morgan fingerprint density at radius 3 is 2.16 bits per heavy atom. The van der Waals surface area contributed by atoms with Crippen molar-refractivity contribution in [2.75, 3.05) is 10.2 Å². The molecule has 0 aliphatic carbocycles. The monoisotopic (exact) mass is 410 g/mol. The predicted molar refractivity (Wildman–Crippen MR) is 126 cm³/mol. The molecule has 1 heterocycles. The highest BCUT2D eigenvalue weighted by molar-refractivity contribution is 6.46. The van der Waals surface area contributed by atoms with Gasteiger partial charge in [0, 0.05) is 5.69 Å². The largest absolute Gasteiger partial charge is 0.350 e. The van der Waals surface area contributed by atoms with E-state index < -0.39 is 0 Å². The number of nitrogens with zero attached hydrogens (tertiary/aromatic N) is 1. The lowest BCUT2D eigenvalue weighted by molar-refractivity contribution is -0.120. The highest BCUT2D eigenvalue weighted by atomic mass is 16.2. The zero-order valence-electron chi connectivity index (χ0n) is 18.3. The Morgan fingerprint density at radius 1 is 0.806 bits per heavy atom. The third kappa shape index (κ3) is 3.89. The Kier molecular flexibility index (Phi) is 5.47. The predicted octanol–water partition coefficient (Wildman–Crippen LogP) is 5.57. The number of carbonyl (C=O) groups excluding carboxylic acids is 2. The Bertz CT molecular complexity index is 1210. The van der Waals surface area contributed by atoms with Crippen LogP contribution in [0.5, 0.6) is 0 Å². The molecule has 1 aliphatic heterocycles.